The summed E-state index contributed by atoms with van der Waals surface area (Å²) < 4.78 is 17.8. The molecule has 0 radical (unpaired) electrons. The highest BCUT2D eigenvalue weighted by molar-refractivity contribution is 6.70. The molecule has 0 fully saturated rings. The predicted molar refractivity (Wildman–Crippen MR) is 91.0 cm³/mol. The third-order valence-corrected chi connectivity index (χ3v) is 4.46. The third kappa shape index (κ3) is 14.3. The van der Waals surface area contributed by atoms with Crippen LogP contribution in [0, 0.1) is 12.3 Å². The van der Waals surface area contributed by atoms with Gasteiger partial charge in [-0.15, -0.1) is 12.3 Å². The maximum atomic E-state index is 6.14. The molecule has 0 saturated heterocycles. The van der Waals surface area contributed by atoms with E-state index in [-0.39, 0.29) is 6.10 Å². The molecule has 5 heteroatoms. The zero-order chi connectivity index (χ0) is 15.6. The minimum Gasteiger partial charge on any atom is -0.415 e. The third-order valence-electron chi connectivity index (χ3n) is 2.39. The van der Waals surface area contributed by atoms with Gasteiger partial charge < -0.3 is 13.6 Å². The molecule has 0 aromatic rings. The Hall–Kier alpha value is -0.126. The second kappa shape index (κ2) is 9.75. The Bertz CT molecular complexity index is 287. The average molecular weight is 317 g/mol. The van der Waals surface area contributed by atoms with Crippen molar-refractivity contribution in [3.05, 3.63) is 0 Å². The first-order chi connectivity index (χ1) is 9.14. The predicted octanol–water partition coefficient (Wildman–Crippen LogP) is 3.88. The van der Waals surface area contributed by atoms with Gasteiger partial charge in [0.1, 0.15) is 0 Å². The minimum atomic E-state index is -1.57. The molecule has 0 aromatic carbocycles. The van der Waals surface area contributed by atoms with E-state index in [2.05, 4.69) is 45.2 Å². The van der Waals surface area contributed by atoms with Gasteiger partial charge in [-0.2, -0.15) is 0 Å². The van der Waals surface area contributed by atoms with Crippen LogP contribution in [0.25, 0.3) is 0 Å². The van der Waals surface area contributed by atoms with E-state index in [0.717, 1.165) is 25.9 Å². The minimum absolute atomic E-state index is 0.0565. The first-order valence-electron chi connectivity index (χ1n) is 7.47. The number of rotatable bonds is 11. The van der Waals surface area contributed by atoms with Crippen LogP contribution in [0.2, 0.25) is 39.3 Å². The second-order valence-corrected chi connectivity index (χ2v) is 16.0. The fraction of sp³-hybridized carbons (Fsp3) is 0.867. The number of unbranched alkanes of at least 4 members (excludes halogenated alkanes) is 2. The molecule has 0 aliphatic carbocycles. The van der Waals surface area contributed by atoms with Crippen molar-refractivity contribution >= 4 is 16.6 Å². The van der Waals surface area contributed by atoms with Crippen molar-refractivity contribution in [3.63, 3.8) is 0 Å². The smallest absolute Gasteiger partial charge is 0.184 e. The molecule has 0 aliphatic heterocycles. The van der Waals surface area contributed by atoms with Gasteiger partial charge in [-0.1, -0.05) is 0 Å². The molecule has 0 rings (SSSR count). The van der Waals surface area contributed by atoms with E-state index in [9.17, 15) is 0 Å². The van der Waals surface area contributed by atoms with Crippen molar-refractivity contribution in [1.82, 2.24) is 0 Å². The molecule has 0 saturated carbocycles. The summed E-state index contributed by atoms with van der Waals surface area (Å²) >= 11 is 0. The van der Waals surface area contributed by atoms with E-state index in [4.69, 9.17) is 20.0 Å². The standard InChI is InChI=1S/C15H32O3Si2/c1-8-9-10-11-12-16-13-15(18-20(5,6)7)14-17-19(2,3)4/h1,15H,9-14H2,2-7H3/t15-/m1/s1. The van der Waals surface area contributed by atoms with Gasteiger partial charge in [0.2, 0.25) is 0 Å². The van der Waals surface area contributed by atoms with Crippen molar-refractivity contribution in [1.29, 1.82) is 0 Å². The first-order valence-corrected chi connectivity index (χ1v) is 14.3. The normalized spacial score (nSPS) is 14.1. The van der Waals surface area contributed by atoms with Crippen molar-refractivity contribution < 1.29 is 13.6 Å². The first kappa shape index (κ1) is 19.9. The Labute approximate surface area is 127 Å². The molecule has 1 atom stereocenters. The van der Waals surface area contributed by atoms with Gasteiger partial charge in [-0.25, -0.2) is 0 Å². The molecule has 0 bridgehead atoms. The maximum Gasteiger partial charge on any atom is 0.184 e. The molecular weight excluding hydrogens is 284 g/mol. The van der Waals surface area contributed by atoms with Crippen molar-refractivity contribution in [2.45, 2.75) is 64.6 Å². The quantitative estimate of drug-likeness (QED) is 0.329. The van der Waals surface area contributed by atoms with Gasteiger partial charge in [0, 0.05) is 13.0 Å². The van der Waals surface area contributed by atoms with Gasteiger partial charge in [0.05, 0.1) is 19.3 Å². The summed E-state index contributed by atoms with van der Waals surface area (Å²) in [4.78, 5) is 0. The number of terminal acetylenes is 1. The molecule has 0 aliphatic rings. The number of hydrogen-bond donors (Lipinski definition) is 0. The van der Waals surface area contributed by atoms with Crippen LogP contribution in [0.4, 0.5) is 0 Å². The van der Waals surface area contributed by atoms with Crippen molar-refractivity contribution in [2.75, 3.05) is 19.8 Å². The fourth-order valence-electron chi connectivity index (χ4n) is 1.61. The van der Waals surface area contributed by atoms with Crippen LogP contribution in [0.5, 0.6) is 0 Å². The van der Waals surface area contributed by atoms with Crippen LogP contribution < -0.4 is 0 Å². The van der Waals surface area contributed by atoms with Gasteiger partial charge in [0.25, 0.3) is 0 Å². The van der Waals surface area contributed by atoms with E-state index in [0.29, 0.717) is 13.2 Å². The monoisotopic (exact) mass is 316 g/mol. The Kier molecular flexibility index (Phi) is 9.68. The van der Waals surface area contributed by atoms with E-state index in [1.165, 1.54) is 0 Å². The molecule has 0 aromatic heterocycles. The summed E-state index contributed by atoms with van der Waals surface area (Å²) in [6.07, 6.45) is 8.15. The molecule has 0 N–H and O–H groups in total. The van der Waals surface area contributed by atoms with Crippen LogP contribution in [0.1, 0.15) is 19.3 Å². The van der Waals surface area contributed by atoms with Crippen molar-refractivity contribution in [2.24, 2.45) is 0 Å². The number of hydrogen-bond acceptors (Lipinski definition) is 3. The average Bonchev–Trinajstić information content (AvgIpc) is 2.27. The Morgan fingerprint density at radius 2 is 1.60 bits per heavy atom. The highest BCUT2D eigenvalue weighted by atomic mass is 28.4. The SMILES string of the molecule is C#CCCCCOC[C@H](CO[Si](C)(C)C)O[Si](C)(C)C. The highest BCUT2D eigenvalue weighted by Crippen LogP contribution is 2.11. The molecule has 20 heavy (non-hydrogen) atoms. The van der Waals surface area contributed by atoms with Crippen LogP contribution >= 0.6 is 0 Å². The summed E-state index contributed by atoms with van der Waals surface area (Å²) in [6, 6.07) is 0. The Morgan fingerprint density at radius 1 is 0.950 bits per heavy atom. The van der Waals surface area contributed by atoms with Crippen LogP contribution in [-0.4, -0.2) is 42.6 Å². The van der Waals surface area contributed by atoms with Crippen LogP contribution in [0.3, 0.4) is 0 Å². The summed E-state index contributed by atoms with van der Waals surface area (Å²) in [5.74, 6) is 2.65. The summed E-state index contributed by atoms with van der Waals surface area (Å²) in [5.41, 5.74) is 0. The topological polar surface area (TPSA) is 27.7 Å². The van der Waals surface area contributed by atoms with E-state index in [1.54, 1.807) is 0 Å². The lowest BCUT2D eigenvalue weighted by Crippen LogP contribution is -2.40. The lowest BCUT2D eigenvalue weighted by molar-refractivity contribution is 0.0192. The van der Waals surface area contributed by atoms with E-state index < -0.39 is 16.6 Å². The molecular formula is C15H32O3Si2. The zero-order valence-corrected chi connectivity index (χ0v) is 16.1. The molecule has 118 valence electrons. The van der Waals surface area contributed by atoms with Crippen LogP contribution in [0.15, 0.2) is 0 Å². The summed E-state index contributed by atoms with van der Waals surface area (Å²) in [6.45, 7) is 15.2. The molecule has 0 unspecified atom stereocenters. The van der Waals surface area contributed by atoms with Gasteiger partial charge in [-0.05, 0) is 52.1 Å². The second-order valence-electron chi connectivity index (χ2n) is 7.01. The highest BCUT2D eigenvalue weighted by Gasteiger charge is 2.24. The van der Waals surface area contributed by atoms with Gasteiger partial charge >= 0.3 is 0 Å². The molecule has 0 heterocycles. The largest absolute Gasteiger partial charge is 0.415 e. The molecule has 0 spiro atoms. The maximum absolute atomic E-state index is 6.14. The van der Waals surface area contributed by atoms with Gasteiger partial charge in [0.15, 0.2) is 16.6 Å². The lowest BCUT2D eigenvalue weighted by Gasteiger charge is -2.29. The van der Waals surface area contributed by atoms with E-state index >= 15 is 0 Å². The van der Waals surface area contributed by atoms with E-state index in [1.807, 2.05) is 0 Å². The lowest BCUT2D eigenvalue weighted by atomic mass is 10.2. The van der Waals surface area contributed by atoms with Crippen LogP contribution in [-0.2, 0) is 13.6 Å². The molecule has 0 amide bonds. The summed E-state index contributed by atoms with van der Waals surface area (Å²) in [5, 5.41) is 0. The van der Waals surface area contributed by atoms with Crippen molar-refractivity contribution in [3.8, 4) is 12.3 Å². The number of ether oxygens (including phenoxy) is 1. The van der Waals surface area contributed by atoms with Gasteiger partial charge in [-0.3, -0.25) is 0 Å². The Morgan fingerprint density at radius 3 is 2.10 bits per heavy atom. The molecule has 3 nitrogen and oxygen atoms in total. The zero-order valence-electron chi connectivity index (χ0n) is 14.1. The fourth-order valence-corrected chi connectivity index (χ4v) is 3.43. The summed E-state index contributed by atoms with van der Waals surface area (Å²) in [7, 11) is -3.07. The Balaban J connectivity index is 4.03.